The van der Waals surface area contributed by atoms with Crippen molar-refractivity contribution in [1.82, 2.24) is 4.98 Å². The molecule has 2 rings (SSSR count). The van der Waals surface area contributed by atoms with Crippen LogP contribution in [0.5, 0.6) is 11.6 Å². The third kappa shape index (κ3) is 2.65. The highest BCUT2D eigenvalue weighted by Gasteiger charge is 2.07. The number of aromatic nitrogens is 1. The van der Waals surface area contributed by atoms with Crippen molar-refractivity contribution in [1.29, 1.82) is 0 Å². The number of nitrogen functional groups attached to an aromatic ring is 1. The first-order chi connectivity index (χ1) is 8.06. The van der Waals surface area contributed by atoms with Crippen LogP contribution >= 0.6 is 11.6 Å². The number of hydrogen-bond donors (Lipinski definition) is 1. The molecule has 0 saturated carbocycles. The van der Waals surface area contributed by atoms with Crippen molar-refractivity contribution < 1.29 is 9.13 Å². The van der Waals surface area contributed by atoms with Gasteiger partial charge in [-0.15, -0.1) is 0 Å². The van der Waals surface area contributed by atoms with Crippen molar-refractivity contribution in [2.45, 2.75) is 6.92 Å². The highest BCUT2D eigenvalue weighted by atomic mass is 35.5. The van der Waals surface area contributed by atoms with Gasteiger partial charge < -0.3 is 10.5 Å². The number of aryl methyl sites for hydroxylation is 1. The van der Waals surface area contributed by atoms with E-state index in [0.29, 0.717) is 11.4 Å². The first kappa shape index (κ1) is 11.7. The van der Waals surface area contributed by atoms with Gasteiger partial charge in [-0.3, -0.25) is 0 Å². The number of rotatable bonds is 2. The van der Waals surface area contributed by atoms with Crippen LogP contribution in [0.15, 0.2) is 30.5 Å². The Hall–Kier alpha value is -1.81. The molecule has 0 aliphatic carbocycles. The maximum atomic E-state index is 13.4. The second kappa shape index (κ2) is 4.59. The Balaban J connectivity index is 2.28. The predicted octanol–water partition coefficient (Wildman–Crippen LogP) is 3.56. The van der Waals surface area contributed by atoms with Gasteiger partial charge in [-0.05, 0) is 36.8 Å². The first-order valence-corrected chi connectivity index (χ1v) is 5.29. The molecule has 2 N–H and O–H groups in total. The normalized spacial score (nSPS) is 10.3. The zero-order valence-electron chi connectivity index (χ0n) is 9.08. The third-order valence-electron chi connectivity index (χ3n) is 2.23. The fraction of sp³-hybridized carbons (Fsp3) is 0.0833. The summed E-state index contributed by atoms with van der Waals surface area (Å²) in [5.74, 6) is -0.240. The standard InChI is InChI=1S/C12H10ClFN2O/c1-7-4-9(2-3-11(7)15)17-12-10(14)5-8(13)6-16-12/h2-6H,15H2,1H3. The van der Waals surface area contributed by atoms with E-state index in [1.807, 2.05) is 6.92 Å². The zero-order valence-corrected chi connectivity index (χ0v) is 9.83. The van der Waals surface area contributed by atoms with E-state index in [-0.39, 0.29) is 10.9 Å². The lowest BCUT2D eigenvalue weighted by atomic mass is 10.2. The minimum atomic E-state index is -0.605. The van der Waals surface area contributed by atoms with Crippen LogP contribution in [-0.4, -0.2) is 4.98 Å². The summed E-state index contributed by atoms with van der Waals surface area (Å²) in [5, 5.41) is 0.225. The summed E-state index contributed by atoms with van der Waals surface area (Å²) in [4.78, 5) is 3.76. The van der Waals surface area contributed by atoms with Gasteiger partial charge in [-0.2, -0.15) is 0 Å². The molecule has 0 unspecified atom stereocenters. The lowest BCUT2D eigenvalue weighted by Gasteiger charge is -2.07. The maximum Gasteiger partial charge on any atom is 0.255 e. The van der Waals surface area contributed by atoms with Crippen LogP contribution in [0.3, 0.4) is 0 Å². The van der Waals surface area contributed by atoms with Crippen LogP contribution in [0, 0.1) is 12.7 Å². The van der Waals surface area contributed by atoms with Crippen molar-refractivity contribution in [2.75, 3.05) is 5.73 Å². The van der Waals surface area contributed by atoms with Crippen LogP contribution in [-0.2, 0) is 0 Å². The Bertz CT molecular complexity index is 560. The summed E-state index contributed by atoms with van der Waals surface area (Å²) >= 11 is 5.59. The van der Waals surface area contributed by atoms with E-state index < -0.39 is 5.82 Å². The summed E-state index contributed by atoms with van der Waals surface area (Å²) in [6, 6.07) is 6.20. The molecule has 0 amide bonds. The molecule has 0 aliphatic rings. The number of ether oxygens (including phenoxy) is 1. The minimum absolute atomic E-state index is 0.112. The van der Waals surface area contributed by atoms with Gasteiger partial charge in [0.15, 0.2) is 5.82 Å². The summed E-state index contributed by atoms with van der Waals surface area (Å²) < 4.78 is 18.7. The summed E-state index contributed by atoms with van der Waals surface area (Å²) in [5.41, 5.74) is 7.18. The van der Waals surface area contributed by atoms with E-state index in [1.54, 1.807) is 18.2 Å². The molecule has 1 heterocycles. The number of pyridine rings is 1. The maximum absolute atomic E-state index is 13.4. The topological polar surface area (TPSA) is 48.1 Å². The number of halogens is 2. The van der Waals surface area contributed by atoms with Gasteiger partial charge in [0.05, 0.1) is 5.02 Å². The molecule has 0 bridgehead atoms. The second-order valence-electron chi connectivity index (χ2n) is 3.56. The minimum Gasteiger partial charge on any atom is -0.436 e. The third-order valence-corrected chi connectivity index (χ3v) is 2.44. The van der Waals surface area contributed by atoms with E-state index in [2.05, 4.69) is 4.98 Å². The second-order valence-corrected chi connectivity index (χ2v) is 4.00. The number of nitrogens with zero attached hydrogens (tertiary/aromatic N) is 1. The number of benzene rings is 1. The Morgan fingerprint density at radius 3 is 2.76 bits per heavy atom. The number of nitrogens with two attached hydrogens (primary N) is 1. The molecule has 2 aromatic rings. The molecule has 0 atom stereocenters. The molecule has 0 radical (unpaired) electrons. The van der Waals surface area contributed by atoms with E-state index >= 15 is 0 Å². The Kier molecular flexibility index (Phi) is 3.15. The fourth-order valence-electron chi connectivity index (χ4n) is 1.30. The van der Waals surface area contributed by atoms with Crippen LogP contribution in [0.4, 0.5) is 10.1 Å². The molecule has 5 heteroatoms. The predicted molar refractivity (Wildman–Crippen MR) is 64.9 cm³/mol. The lowest BCUT2D eigenvalue weighted by molar-refractivity contribution is 0.422. The van der Waals surface area contributed by atoms with Gasteiger partial charge in [-0.1, -0.05) is 11.6 Å². The van der Waals surface area contributed by atoms with Gasteiger partial charge in [0.1, 0.15) is 5.75 Å². The molecular formula is C12H10ClFN2O. The Morgan fingerprint density at radius 2 is 2.12 bits per heavy atom. The Labute approximate surface area is 103 Å². The number of anilines is 1. The van der Waals surface area contributed by atoms with E-state index in [0.717, 1.165) is 11.6 Å². The SMILES string of the molecule is Cc1cc(Oc2ncc(Cl)cc2F)ccc1N. The monoisotopic (exact) mass is 252 g/mol. The molecule has 0 saturated heterocycles. The van der Waals surface area contributed by atoms with E-state index in [1.165, 1.54) is 6.20 Å². The van der Waals surface area contributed by atoms with Crippen molar-refractivity contribution in [3.05, 3.63) is 46.9 Å². The van der Waals surface area contributed by atoms with Crippen LogP contribution < -0.4 is 10.5 Å². The average molecular weight is 253 g/mol. The zero-order chi connectivity index (χ0) is 12.4. The van der Waals surface area contributed by atoms with Gasteiger partial charge >= 0.3 is 0 Å². The molecular weight excluding hydrogens is 243 g/mol. The largest absolute Gasteiger partial charge is 0.436 e. The van der Waals surface area contributed by atoms with E-state index in [4.69, 9.17) is 22.1 Å². The van der Waals surface area contributed by atoms with Crippen molar-refractivity contribution >= 4 is 17.3 Å². The van der Waals surface area contributed by atoms with Gasteiger partial charge in [0, 0.05) is 11.9 Å². The first-order valence-electron chi connectivity index (χ1n) is 4.91. The molecule has 17 heavy (non-hydrogen) atoms. The smallest absolute Gasteiger partial charge is 0.255 e. The van der Waals surface area contributed by atoms with Crippen molar-refractivity contribution in [2.24, 2.45) is 0 Å². The van der Waals surface area contributed by atoms with Crippen LogP contribution in [0.2, 0.25) is 5.02 Å². The molecule has 0 spiro atoms. The van der Waals surface area contributed by atoms with Crippen molar-refractivity contribution in [3.8, 4) is 11.6 Å². The molecule has 3 nitrogen and oxygen atoms in total. The fourth-order valence-corrected chi connectivity index (χ4v) is 1.45. The molecule has 0 aliphatic heterocycles. The number of hydrogen-bond acceptors (Lipinski definition) is 3. The molecule has 1 aromatic carbocycles. The highest BCUT2D eigenvalue weighted by molar-refractivity contribution is 6.30. The van der Waals surface area contributed by atoms with Gasteiger partial charge in [-0.25, -0.2) is 9.37 Å². The molecule has 1 aromatic heterocycles. The van der Waals surface area contributed by atoms with Crippen molar-refractivity contribution in [3.63, 3.8) is 0 Å². The summed E-state index contributed by atoms with van der Waals surface area (Å²) in [6.07, 6.45) is 1.32. The summed E-state index contributed by atoms with van der Waals surface area (Å²) in [7, 11) is 0. The van der Waals surface area contributed by atoms with Gasteiger partial charge in [0.25, 0.3) is 5.88 Å². The molecule has 0 fully saturated rings. The van der Waals surface area contributed by atoms with Crippen LogP contribution in [0.1, 0.15) is 5.56 Å². The van der Waals surface area contributed by atoms with Gasteiger partial charge in [0.2, 0.25) is 0 Å². The molecule has 88 valence electrons. The highest BCUT2D eigenvalue weighted by Crippen LogP contribution is 2.26. The summed E-state index contributed by atoms with van der Waals surface area (Å²) in [6.45, 7) is 1.84. The quantitative estimate of drug-likeness (QED) is 0.832. The van der Waals surface area contributed by atoms with Crippen LogP contribution in [0.25, 0.3) is 0 Å². The van der Waals surface area contributed by atoms with E-state index in [9.17, 15) is 4.39 Å². The lowest BCUT2D eigenvalue weighted by Crippen LogP contribution is -1.94. The average Bonchev–Trinajstić information content (AvgIpc) is 2.27. The Morgan fingerprint density at radius 1 is 1.35 bits per heavy atom.